The van der Waals surface area contributed by atoms with Crippen molar-refractivity contribution in [3.05, 3.63) is 59.2 Å². The van der Waals surface area contributed by atoms with Crippen molar-refractivity contribution in [1.29, 1.82) is 0 Å². The summed E-state index contributed by atoms with van der Waals surface area (Å²) in [5.41, 5.74) is 0.368. The van der Waals surface area contributed by atoms with Crippen LogP contribution >= 0.6 is 0 Å². The van der Waals surface area contributed by atoms with E-state index in [1.165, 1.54) is 29.6 Å². The molecular weight excluding hydrogens is 414 g/mol. The molecule has 1 aliphatic rings. The van der Waals surface area contributed by atoms with Crippen LogP contribution in [0, 0.1) is 11.6 Å². The largest absolute Gasteiger partial charge is 0.495 e. The quantitative estimate of drug-likeness (QED) is 0.750. The predicted molar refractivity (Wildman–Crippen MR) is 108 cm³/mol. The van der Waals surface area contributed by atoms with E-state index in [9.17, 15) is 22.0 Å². The minimum atomic E-state index is -3.83. The predicted octanol–water partition coefficient (Wildman–Crippen LogP) is 3.47. The summed E-state index contributed by atoms with van der Waals surface area (Å²) in [5, 5.41) is 2.55. The van der Waals surface area contributed by atoms with Crippen LogP contribution in [0.4, 0.5) is 8.78 Å². The fourth-order valence-electron chi connectivity index (χ4n) is 3.44. The van der Waals surface area contributed by atoms with Gasteiger partial charge in [-0.3, -0.25) is 4.79 Å². The van der Waals surface area contributed by atoms with Crippen LogP contribution in [0.15, 0.2) is 41.3 Å². The SMILES string of the molecule is COc1ccc(C(=O)NCc2cc(F)cc(F)c2)cc1S(=O)(=O)N1CCCCCC1. The molecule has 1 fully saturated rings. The number of rotatable bonds is 6. The molecule has 1 heterocycles. The van der Waals surface area contributed by atoms with E-state index in [0.717, 1.165) is 43.9 Å². The minimum Gasteiger partial charge on any atom is -0.495 e. The highest BCUT2D eigenvalue weighted by atomic mass is 32.2. The number of carbonyl (C=O) groups excluding carboxylic acids is 1. The molecule has 0 radical (unpaired) electrons. The second kappa shape index (κ2) is 9.53. The van der Waals surface area contributed by atoms with Gasteiger partial charge in [-0.15, -0.1) is 0 Å². The fourth-order valence-corrected chi connectivity index (χ4v) is 5.14. The summed E-state index contributed by atoms with van der Waals surface area (Å²) in [6.45, 7) is 0.744. The van der Waals surface area contributed by atoms with Gasteiger partial charge in [0.1, 0.15) is 22.3 Å². The molecule has 1 N–H and O–H groups in total. The van der Waals surface area contributed by atoms with Gasteiger partial charge in [-0.2, -0.15) is 4.31 Å². The lowest BCUT2D eigenvalue weighted by Crippen LogP contribution is -2.32. The molecule has 162 valence electrons. The Morgan fingerprint density at radius 2 is 1.67 bits per heavy atom. The summed E-state index contributed by atoms with van der Waals surface area (Å²) in [4.78, 5) is 12.5. The van der Waals surface area contributed by atoms with Crippen LogP contribution < -0.4 is 10.1 Å². The van der Waals surface area contributed by atoms with E-state index >= 15 is 0 Å². The summed E-state index contributed by atoms with van der Waals surface area (Å²) in [5.74, 6) is -1.89. The third-order valence-corrected chi connectivity index (χ3v) is 6.90. The first-order chi connectivity index (χ1) is 14.3. The smallest absolute Gasteiger partial charge is 0.251 e. The maximum Gasteiger partial charge on any atom is 0.251 e. The van der Waals surface area contributed by atoms with E-state index in [2.05, 4.69) is 5.32 Å². The molecule has 0 unspecified atom stereocenters. The van der Waals surface area contributed by atoms with Gasteiger partial charge in [0.25, 0.3) is 5.91 Å². The third-order valence-electron chi connectivity index (χ3n) is 4.98. The summed E-state index contributed by atoms with van der Waals surface area (Å²) in [6, 6.07) is 7.14. The van der Waals surface area contributed by atoms with Crippen LogP contribution in [0.1, 0.15) is 41.6 Å². The summed E-state index contributed by atoms with van der Waals surface area (Å²) in [7, 11) is -2.46. The molecule has 0 saturated carbocycles. The van der Waals surface area contributed by atoms with Crippen molar-refractivity contribution in [2.45, 2.75) is 37.1 Å². The lowest BCUT2D eigenvalue weighted by Gasteiger charge is -2.21. The van der Waals surface area contributed by atoms with Crippen LogP contribution in [0.2, 0.25) is 0 Å². The van der Waals surface area contributed by atoms with Crippen LogP contribution in [0.3, 0.4) is 0 Å². The molecule has 6 nitrogen and oxygen atoms in total. The lowest BCUT2D eigenvalue weighted by atomic mass is 10.1. The van der Waals surface area contributed by atoms with E-state index < -0.39 is 27.6 Å². The van der Waals surface area contributed by atoms with E-state index in [4.69, 9.17) is 4.74 Å². The number of hydrogen-bond donors (Lipinski definition) is 1. The van der Waals surface area contributed by atoms with Gasteiger partial charge in [0, 0.05) is 31.3 Å². The highest BCUT2D eigenvalue weighted by molar-refractivity contribution is 7.89. The molecule has 30 heavy (non-hydrogen) atoms. The molecule has 0 aromatic heterocycles. The van der Waals surface area contributed by atoms with Crippen molar-refractivity contribution in [3.63, 3.8) is 0 Å². The molecular formula is C21H24F2N2O4S. The highest BCUT2D eigenvalue weighted by Crippen LogP contribution is 2.29. The summed E-state index contributed by atoms with van der Waals surface area (Å²) < 4.78 is 59.6. The molecule has 0 bridgehead atoms. The van der Waals surface area contributed by atoms with E-state index in [0.29, 0.717) is 13.1 Å². The maximum atomic E-state index is 13.3. The zero-order valence-corrected chi connectivity index (χ0v) is 17.5. The van der Waals surface area contributed by atoms with Gasteiger partial charge in [0.15, 0.2) is 0 Å². The minimum absolute atomic E-state index is 0.0728. The Labute approximate surface area is 174 Å². The lowest BCUT2D eigenvalue weighted by molar-refractivity contribution is 0.0950. The van der Waals surface area contributed by atoms with Gasteiger partial charge in [-0.05, 0) is 48.7 Å². The second-order valence-corrected chi connectivity index (χ2v) is 9.05. The second-order valence-electron chi connectivity index (χ2n) is 7.14. The standard InChI is InChI=1S/C21H24F2N2O4S/c1-29-19-7-6-16(21(26)24-14-15-10-17(22)13-18(23)11-15)12-20(19)30(27,28)25-8-4-2-3-5-9-25/h6-7,10-13H,2-5,8-9,14H2,1H3,(H,24,26). The number of amides is 1. The van der Waals surface area contributed by atoms with E-state index in [1.54, 1.807) is 0 Å². The average molecular weight is 438 g/mol. The number of nitrogens with zero attached hydrogens (tertiary/aromatic N) is 1. The first kappa shape index (κ1) is 22.2. The monoisotopic (exact) mass is 438 g/mol. The van der Waals surface area contributed by atoms with Gasteiger partial charge in [0.05, 0.1) is 7.11 Å². The Morgan fingerprint density at radius 3 is 2.27 bits per heavy atom. The van der Waals surface area contributed by atoms with Crippen LogP contribution in [0.5, 0.6) is 5.75 Å². The number of methoxy groups -OCH3 is 1. The van der Waals surface area contributed by atoms with Crippen LogP contribution in [-0.2, 0) is 16.6 Å². The number of ether oxygens (including phenoxy) is 1. The van der Waals surface area contributed by atoms with Crippen molar-refractivity contribution in [1.82, 2.24) is 9.62 Å². The summed E-state index contributed by atoms with van der Waals surface area (Å²) in [6.07, 6.45) is 3.52. The van der Waals surface area contributed by atoms with Crippen molar-refractivity contribution in [2.24, 2.45) is 0 Å². The topological polar surface area (TPSA) is 75.7 Å². The molecule has 1 saturated heterocycles. The Hall–Kier alpha value is -2.52. The van der Waals surface area contributed by atoms with E-state index in [-0.39, 0.29) is 28.3 Å². The number of sulfonamides is 1. The van der Waals surface area contributed by atoms with Gasteiger partial charge in [-0.1, -0.05) is 12.8 Å². The fraction of sp³-hybridized carbons (Fsp3) is 0.381. The van der Waals surface area contributed by atoms with Crippen LogP contribution in [-0.4, -0.2) is 38.8 Å². The van der Waals surface area contributed by atoms with E-state index in [1.807, 2.05) is 0 Å². The number of benzene rings is 2. The number of hydrogen-bond acceptors (Lipinski definition) is 4. The molecule has 2 aromatic rings. The molecule has 3 rings (SSSR count). The van der Waals surface area contributed by atoms with Gasteiger partial charge < -0.3 is 10.1 Å². The maximum absolute atomic E-state index is 13.3. The van der Waals surface area contributed by atoms with Crippen LogP contribution in [0.25, 0.3) is 0 Å². The van der Waals surface area contributed by atoms with Crippen molar-refractivity contribution >= 4 is 15.9 Å². The molecule has 0 aliphatic carbocycles. The third kappa shape index (κ3) is 5.14. The summed E-state index contributed by atoms with van der Waals surface area (Å²) >= 11 is 0. The van der Waals surface area contributed by atoms with Crippen molar-refractivity contribution in [2.75, 3.05) is 20.2 Å². The zero-order chi connectivity index (χ0) is 21.7. The van der Waals surface area contributed by atoms with Crippen molar-refractivity contribution in [3.8, 4) is 5.75 Å². The van der Waals surface area contributed by atoms with Gasteiger partial charge in [-0.25, -0.2) is 17.2 Å². The number of nitrogens with one attached hydrogen (secondary N) is 1. The molecule has 2 aromatic carbocycles. The van der Waals surface area contributed by atoms with Gasteiger partial charge >= 0.3 is 0 Å². The van der Waals surface area contributed by atoms with Gasteiger partial charge in [0.2, 0.25) is 10.0 Å². The first-order valence-corrected chi connectivity index (χ1v) is 11.2. The Kier molecular flexibility index (Phi) is 7.04. The molecule has 1 amide bonds. The van der Waals surface area contributed by atoms with Crippen molar-refractivity contribution < 1.29 is 26.7 Å². The first-order valence-electron chi connectivity index (χ1n) is 9.72. The molecule has 9 heteroatoms. The normalized spacial score (nSPS) is 15.4. The highest BCUT2D eigenvalue weighted by Gasteiger charge is 2.29. The molecule has 0 spiro atoms. The average Bonchev–Trinajstić information content (AvgIpc) is 3.01. The molecule has 0 atom stereocenters. The Morgan fingerprint density at radius 1 is 1.03 bits per heavy atom. The number of halogens is 2. The molecule has 1 aliphatic heterocycles. The Bertz CT molecular complexity index is 999. The number of carbonyl (C=O) groups is 1. The Balaban J connectivity index is 1.83. The zero-order valence-electron chi connectivity index (χ0n) is 16.7.